The van der Waals surface area contributed by atoms with Crippen LogP contribution in [0, 0.1) is 0 Å². The molecule has 0 fully saturated rings. The van der Waals surface area contributed by atoms with Crippen LogP contribution in [0.4, 0.5) is 0 Å². The van der Waals surface area contributed by atoms with Crippen LogP contribution >= 0.6 is 0 Å². The number of aryl methyl sites for hydroxylation is 2. The number of aromatic nitrogens is 5. The molecular weight excluding hydrogens is 372 g/mol. The number of hydrogen-bond donors (Lipinski definition) is 1. The van der Waals surface area contributed by atoms with Crippen LogP contribution in [0.1, 0.15) is 17.7 Å². The van der Waals surface area contributed by atoms with Crippen LogP contribution in [0.5, 0.6) is 0 Å². The Hall–Kier alpha value is -3.62. The average molecular weight is 392 g/mol. The Morgan fingerprint density at radius 1 is 1.00 bits per heavy atom. The fourth-order valence-corrected chi connectivity index (χ4v) is 3.33. The third-order valence-electron chi connectivity index (χ3n) is 4.81. The van der Waals surface area contributed by atoms with E-state index >= 15 is 0 Å². The second-order valence-corrected chi connectivity index (χ2v) is 6.83. The summed E-state index contributed by atoms with van der Waals surface area (Å²) in [7, 11) is 0. The lowest BCUT2D eigenvalue weighted by atomic mass is 10.2. The molecule has 1 amide bonds. The summed E-state index contributed by atoms with van der Waals surface area (Å²) in [5.41, 5.74) is 2.83. The van der Waals surface area contributed by atoms with Gasteiger partial charge < -0.3 is 5.32 Å². The van der Waals surface area contributed by atoms with Gasteiger partial charge in [0.15, 0.2) is 0 Å². The molecule has 148 valence electrons. The largest absolute Gasteiger partial charge is 0.353 e. The van der Waals surface area contributed by atoms with E-state index in [1.807, 2.05) is 0 Å². The molecule has 0 radical (unpaired) electrons. The van der Waals surface area contributed by atoms with Gasteiger partial charge in [-0.3, -0.25) is 19.4 Å². The number of carbonyl (C=O) groups is 1. The first-order valence-corrected chi connectivity index (χ1v) is 9.45. The van der Waals surface area contributed by atoms with Crippen molar-refractivity contribution in [1.29, 1.82) is 0 Å². The van der Waals surface area contributed by atoms with E-state index in [1.54, 1.807) is 36.7 Å². The van der Waals surface area contributed by atoms with Crippen molar-refractivity contribution in [1.82, 2.24) is 29.9 Å². The maximum absolute atomic E-state index is 12.2. The average Bonchev–Trinajstić information content (AvgIpc) is 3.17. The molecule has 3 aromatic heterocycles. The zero-order chi connectivity index (χ0) is 20.2. The lowest BCUT2D eigenvalue weighted by molar-refractivity contribution is -0.121. The van der Waals surface area contributed by atoms with Gasteiger partial charge in [0.05, 0.1) is 17.9 Å². The molecule has 29 heavy (non-hydrogen) atoms. The van der Waals surface area contributed by atoms with Gasteiger partial charge in [0.2, 0.25) is 5.91 Å². The van der Waals surface area contributed by atoms with E-state index in [0.29, 0.717) is 5.69 Å². The first-order valence-electron chi connectivity index (χ1n) is 9.45. The van der Waals surface area contributed by atoms with Crippen molar-refractivity contribution < 1.29 is 4.79 Å². The zero-order valence-corrected chi connectivity index (χ0v) is 15.7. The minimum Gasteiger partial charge on any atom is -0.353 e. The number of rotatable bonds is 6. The van der Waals surface area contributed by atoms with Crippen LogP contribution in [0.2, 0.25) is 0 Å². The molecule has 3 aromatic rings. The normalized spacial score (nSPS) is 12.6. The predicted molar refractivity (Wildman–Crippen MR) is 105 cm³/mol. The van der Waals surface area contributed by atoms with E-state index < -0.39 is 0 Å². The van der Waals surface area contributed by atoms with Crippen LogP contribution in [0.25, 0.3) is 11.3 Å². The Bertz CT molecular complexity index is 1150. The van der Waals surface area contributed by atoms with E-state index in [9.17, 15) is 14.4 Å². The molecular formula is C20H20N6O3. The van der Waals surface area contributed by atoms with Gasteiger partial charge in [0, 0.05) is 36.6 Å². The van der Waals surface area contributed by atoms with Crippen molar-refractivity contribution in [2.45, 2.75) is 32.4 Å². The molecule has 9 heteroatoms. The highest BCUT2D eigenvalue weighted by molar-refractivity contribution is 5.75. The molecule has 9 nitrogen and oxygen atoms in total. The molecule has 0 atom stereocenters. The molecule has 0 saturated heterocycles. The quantitative estimate of drug-likeness (QED) is 0.640. The minimum absolute atomic E-state index is 0.164. The SMILES string of the molecule is O=C(Cn1nc(-c2ccncc2)ccc1=O)NCCn1nc2c(cc1=O)CCC2. The molecule has 3 heterocycles. The van der Waals surface area contributed by atoms with Gasteiger partial charge in [-0.05, 0) is 43.0 Å². The Labute approximate surface area is 166 Å². The van der Waals surface area contributed by atoms with Crippen molar-refractivity contribution in [3.8, 4) is 11.3 Å². The smallest absolute Gasteiger partial charge is 0.267 e. The summed E-state index contributed by atoms with van der Waals surface area (Å²) in [4.78, 5) is 40.3. The Morgan fingerprint density at radius 2 is 1.83 bits per heavy atom. The van der Waals surface area contributed by atoms with E-state index in [0.717, 1.165) is 40.8 Å². The number of pyridine rings is 1. The summed E-state index contributed by atoms with van der Waals surface area (Å²) in [5.74, 6) is -0.360. The first kappa shape index (κ1) is 18.7. The highest BCUT2D eigenvalue weighted by Gasteiger charge is 2.14. The summed E-state index contributed by atoms with van der Waals surface area (Å²) < 4.78 is 2.49. The lowest BCUT2D eigenvalue weighted by Gasteiger charge is -2.10. The summed E-state index contributed by atoms with van der Waals surface area (Å²) in [5, 5.41) is 11.3. The zero-order valence-electron chi connectivity index (χ0n) is 15.7. The number of carbonyl (C=O) groups excluding carboxylic acids is 1. The van der Waals surface area contributed by atoms with Gasteiger partial charge in [-0.1, -0.05) is 0 Å². The maximum Gasteiger partial charge on any atom is 0.267 e. The van der Waals surface area contributed by atoms with Gasteiger partial charge in [-0.2, -0.15) is 10.2 Å². The third-order valence-corrected chi connectivity index (χ3v) is 4.81. The van der Waals surface area contributed by atoms with Crippen molar-refractivity contribution in [2.24, 2.45) is 0 Å². The molecule has 4 rings (SSSR count). The molecule has 1 N–H and O–H groups in total. The number of fused-ring (bicyclic) bond motifs is 1. The first-order chi connectivity index (χ1) is 14.1. The van der Waals surface area contributed by atoms with Gasteiger partial charge in [-0.15, -0.1) is 0 Å². The van der Waals surface area contributed by atoms with Gasteiger partial charge >= 0.3 is 0 Å². The molecule has 0 unspecified atom stereocenters. The molecule has 0 aliphatic heterocycles. The number of hydrogen-bond acceptors (Lipinski definition) is 6. The Balaban J connectivity index is 1.38. The minimum atomic E-state index is -0.366. The fraction of sp³-hybridized carbons (Fsp3) is 0.300. The topological polar surface area (TPSA) is 112 Å². The predicted octanol–water partition coefficient (Wildman–Crippen LogP) is 0.167. The number of nitrogens with one attached hydrogen (secondary N) is 1. The summed E-state index contributed by atoms with van der Waals surface area (Å²) in [6.07, 6.45) is 6.06. The van der Waals surface area contributed by atoms with Gasteiger partial charge in [0.1, 0.15) is 6.54 Å². The van der Waals surface area contributed by atoms with Crippen molar-refractivity contribution in [3.63, 3.8) is 0 Å². The monoisotopic (exact) mass is 392 g/mol. The van der Waals surface area contributed by atoms with Crippen LogP contribution < -0.4 is 16.4 Å². The van der Waals surface area contributed by atoms with Crippen LogP contribution in [-0.4, -0.2) is 37.0 Å². The van der Waals surface area contributed by atoms with Gasteiger partial charge in [0.25, 0.3) is 11.1 Å². The Morgan fingerprint density at radius 3 is 2.66 bits per heavy atom. The molecule has 1 aliphatic carbocycles. The summed E-state index contributed by atoms with van der Waals surface area (Å²) >= 11 is 0. The van der Waals surface area contributed by atoms with Gasteiger partial charge in [-0.25, -0.2) is 9.36 Å². The summed E-state index contributed by atoms with van der Waals surface area (Å²) in [6.45, 7) is 0.310. The van der Waals surface area contributed by atoms with Crippen LogP contribution in [0.15, 0.2) is 52.3 Å². The molecule has 1 aliphatic rings. The highest BCUT2D eigenvalue weighted by atomic mass is 16.2. The lowest BCUT2D eigenvalue weighted by Crippen LogP contribution is -2.36. The molecule has 0 spiro atoms. The second-order valence-electron chi connectivity index (χ2n) is 6.83. The van der Waals surface area contributed by atoms with Crippen LogP contribution in [-0.2, 0) is 30.7 Å². The fourth-order valence-electron chi connectivity index (χ4n) is 3.33. The highest BCUT2D eigenvalue weighted by Crippen LogP contribution is 2.16. The van der Waals surface area contributed by atoms with E-state index in [1.165, 1.54) is 10.7 Å². The van der Waals surface area contributed by atoms with E-state index in [2.05, 4.69) is 20.5 Å². The Kier molecular flexibility index (Phi) is 5.28. The molecule has 0 aromatic carbocycles. The molecule has 0 saturated carbocycles. The van der Waals surface area contributed by atoms with E-state index in [-0.39, 0.29) is 36.7 Å². The third kappa shape index (κ3) is 4.29. The molecule has 0 bridgehead atoms. The number of nitrogens with zero attached hydrogens (tertiary/aromatic N) is 5. The van der Waals surface area contributed by atoms with Crippen LogP contribution in [0.3, 0.4) is 0 Å². The maximum atomic E-state index is 12.2. The van der Waals surface area contributed by atoms with Crippen molar-refractivity contribution in [2.75, 3.05) is 6.54 Å². The second kappa shape index (κ2) is 8.17. The number of amides is 1. The van der Waals surface area contributed by atoms with E-state index in [4.69, 9.17) is 0 Å². The summed E-state index contributed by atoms with van der Waals surface area (Å²) in [6, 6.07) is 8.17. The van der Waals surface area contributed by atoms with Crippen molar-refractivity contribution in [3.05, 3.63) is 74.7 Å². The standard InChI is InChI=1S/C20H20N6O3/c27-18(22-10-11-25-20(29)12-15-2-1-3-16(15)23-25)13-26-19(28)5-4-17(24-26)14-6-8-21-9-7-14/h4-9,12H,1-3,10-11,13H2,(H,22,27). The van der Waals surface area contributed by atoms with Crippen molar-refractivity contribution >= 4 is 5.91 Å².